The molecule has 0 aliphatic rings. The standard InChI is InChI=1S/C20H28F2N2O6/c1-20(2,3)30-19(27)23-12-8-7-10-14(17(26)28-4)24-16(25)13-9-5-6-11-15(13)29-18(21)22/h5-6,9,11,14,18H,7-8,10,12H2,1-4H3,(H,23,27)(H,24,25). The van der Waals surface area contributed by atoms with Crippen LogP contribution in [-0.4, -0.2) is 49.9 Å². The number of ether oxygens (including phenoxy) is 3. The van der Waals surface area contributed by atoms with E-state index in [0.717, 1.165) is 0 Å². The number of benzene rings is 1. The third kappa shape index (κ3) is 9.53. The molecule has 8 nitrogen and oxygen atoms in total. The number of esters is 1. The molecular weight excluding hydrogens is 402 g/mol. The predicted octanol–water partition coefficient (Wildman–Crippen LogP) is 3.25. The van der Waals surface area contributed by atoms with Crippen molar-refractivity contribution in [3.8, 4) is 5.75 Å². The van der Waals surface area contributed by atoms with E-state index in [1.54, 1.807) is 20.8 Å². The molecule has 0 fully saturated rings. The zero-order valence-electron chi connectivity index (χ0n) is 17.5. The Morgan fingerprint density at radius 3 is 2.37 bits per heavy atom. The number of alkyl carbamates (subject to hydrolysis) is 1. The molecule has 0 aliphatic carbocycles. The van der Waals surface area contributed by atoms with E-state index in [1.807, 2.05) is 0 Å². The van der Waals surface area contributed by atoms with Crippen LogP contribution in [-0.2, 0) is 14.3 Å². The summed E-state index contributed by atoms with van der Waals surface area (Å²) >= 11 is 0. The number of carbonyl (C=O) groups excluding carboxylic acids is 3. The summed E-state index contributed by atoms with van der Waals surface area (Å²) in [5, 5.41) is 5.07. The van der Waals surface area contributed by atoms with Crippen LogP contribution in [0.4, 0.5) is 13.6 Å². The van der Waals surface area contributed by atoms with Crippen molar-refractivity contribution < 1.29 is 37.4 Å². The van der Waals surface area contributed by atoms with Gasteiger partial charge in [-0.3, -0.25) is 4.79 Å². The molecule has 1 unspecified atom stereocenters. The third-order valence-electron chi connectivity index (χ3n) is 3.73. The summed E-state index contributed by atoms with van der Waals surface area (Å²) in [6, 6.07) is 4.50. The van der Waals surface area contributed by atoms with E-state index in [9.17, 15) is 23.2 Å². The van der Waals surface area contributed by atoms with Gasteiger partial charge in [-0.25, -0.2) is 9.59 Å². The van der Waals surface area contributed by atoms with E-state index in [-0.39, 0.29) is 17.7 Å². The molecule has 1 aromatic rings. The van der Waals surface area contributed by atoms with Gasteiger partial charge in [0.15, 0.2) is 0 Å². The minimum absolute atomic E-state index is 0.127. The Bertz CT molecular complexity index is 721. The van der Waals surface area contributed by atoms with Crippen LogP contribution >= 0.6 is 0 Å². The van der Waals surface area contributed by atoms with E-state index < -0.39 is 36.2 Å². The highest BCUT2D eigenvalue weighted by atomic mass is 19.3. The Morgan fingerprint density at radius 1 is 1.10 bits per heavy atom. The summed E-state index contributed by atoms with van der Waals surface area (Å²) in [5.74, 6) is -1.71. The fourth-order valence-electron chi connectivity index (χ4n) is 2.46. The first-order valence-corrected chi connectivity index (χ1v) is 9.43. The lowest BCUT2D eigenvalue weighted by Crippen LogP contribution is -2.41. The van der Waals surface area contributed by atoms with Gasteiger partial charge >= 0.3 is 18.7 Å². The molecule has 1 atom stereocenters. The van der Waals surface area contributed by atoms with Gasteiger partial charge in [-0.1, -0.05) is 12.1 Å². The summed E-state index contributed by atoms with van der Waals surface area (Å²) in [5.41, 5.74) is -0.729. The van der Waals surface area contributed by atoms with Crippen LogP contribution in [0.2, 0.25) is 0 Å². The van der Waals surface area contributed by atoms with Gasteiger partial charge in [0.1, 0.15) is 17.4 Å². The van der Waals surface area contributed by atoms with Gasteiger partial charge in [0, 0.05) is 6.54 Å². The quantitative estimate of drug-likeness (QED) is 0.436. The van der Waals surface area contributed by atoms with Crippen LogP contribution in [0.25, 0.3) is 0 Å². The van der Waals surface area contributed by atoms with Gasteiger partial charge in [0.2, 0.25) is 0 Å². The number of rotatable bonds is 10. The fraction of sp³-hybridized carbons (Fsp3) is 0.550. The summed E-state index contributed by atoms with van der Waals surface area (Å²) < 4.78 is 39.2. The van der Waals surface area contributed by atoms with E-state index in [2.05, 4.69) is 15.4 Å². The Balaban J connectivity index is 2.60. The minimum Gasteiger partial charge on any atom is -0.467 e. The highest BCUT2D eigenvalue weighted by molar-refractivity contribution is 5.99. The molecule has 2 amide bonds. The average Bonchev–Trinajstić information content (AvgIpc) is 2.64. The first kappa shape index (κ1) is 25.1. The highest BCUT2D eigenvalue weighted by Gasteiger charge is 2.24. The van der Waals surface area contributed by atoms with E-state index >= 15 is 0 Å². The number of alkyl halides is 2. The second-order valence-corrected chi connectivity index (χ2v) is 7.35. The van der Waals surface area contributed by atoms with Gasteiger partial charge in [0.05, 0.1) is 12.7 Å². The number of carbonyl (C=O) groups is 3. The average molecular weight is 430 g/mol. The van der Waals surface area contributed by atoms with Crippen LogP contribution in [0, 0.1) is 0 Å². The molecule has 0 bridgehead atoms. The Kier molecular flexibility index (Phi) is 10.00. The van der Waals surface area contributed by atoms with E-state index in [1.165, 1.54) is 31.4 Å². The van der Waals surface area contributed by atoms with Crippen molar-refractivity contribution >= 4 is 18.0 Å². The fourth-order valence-corrected chi connectivity index (χ4v) is 2.46. The Morgan fingerprint density at radius 2 is 1.77 bits per heavy atom. The summed E-state index contributed by atoms with van der Waals surface area (Å²) in [4.78, 5) is 36.1. The van der Waals surface area contributed by atoms with Gasteiger partial charge in [-0.2, -0.15) is 8.78 Å². The molecule has 1 aromatic carbocycles. The molecular formula is C20H28F2N2O6. The van der Waals surface area contributed by atoms with Crippen molar-refractivity contribution in [3.05, 3.63) is 29.8 Å². The number of hydrogen-bond donors (Lipinski definition) is 2. The van der Waals surface area contributed by atoms with Gasteiger partial charge in [0.25, 0.3) is 5.91 Å². The molecule has 2 N–H and O–H groups in total. The number of unbranched alkanes of at least 4 members (excludes halogenated alkanes) is 1. The van der Waals surface area contributed by atoms with Gasteiger partial charge in [-0.05, 0) is 52.2 Å². The van der Waals surface area contributed by atoms with Crippen LogP contribution in [0.15, 0.2) is 24.3 Å². The zero-order chi connectivity index (χ0) is 22.7. The number of methoxy groups -OCH3 is 1. The van der Waals surface area contributed by atoms with Crippen LogP contribution < -0.4 is 15.4 Å². The number of para-hydroxylation sites is 1. The number of nitrogens with one attached hydrogen (secondary N) is 2. The highest BCUT2D eigenvalue weighted by Crippen LogP contribution is 2.20. The molecule has 10 heteroatoms. The summed E-state index contributed by atoms with van der Waals surface area (Å²) in [6.45, 7) is 2.48. The molecule has 168 valence electrons. The molecule has 1 rings (SSSR count). The van der Waals surface area contributed by atoms with Crippen molar-refractivity contribution in [1.82, 2.24) is 10.6 Å². The largest absolute Gasteiger partial charge is 0.467 e. The lowest BCUT2D eigenvalue weighted by molar-refractivity contribution is -0.143. The molecule has 0 radical (unpaired) electrons. The Hall–Kier alpha value is -2.91. The minimum atomic E-state index is -3.09. The maximum Gasteiger partial charge on any atom is 0.407 e. The monoisotopic (exact) mass is 430 g/mol. The molecule has 0 saturated heterocycles. The number of amides is 2. The molecule has 0 aromatic heterocycles. The van der Waals surface area contributed by atoms with Crippen molar-refractivity contribution in [1.29, 1.82) is 0 Å². The normalized spacial score (nSPS) is 12.1. The predicted molar refractivity (Wildman–Crippen MR) is 104 cm³/mol. The van der Waals surface area contributed by atoms with E-state index in [0.29, 0.717) is 19.4 Å². The lowest BCUT2D eigenvalue weighted by Gasteiger charge is -2.20. The van der Waals surface area contributed by atoms with Gasteiger partial charge < -0.3 is 24.8 Å². The van der Waals surface area contributed by atoms with Crippen molar-refractivity contribution in [2.45, 2.75) is 58.3 Å². The molecule has 0 saturated carbocycles. The second-order valence-electron chi connectivity index (χ2n) is 7.35. The van der Waals surface area contributed by atoms with Crippen molar-refractivity contribution in [2.24, 2.45) is 0 Å². The SMILES string of the molecule is COC(=O)C(CCCCNC(=O)OC(C)(C)C)NC(=O)c1ccccc1OC(F)F. The number of halogens is 2. The lowest BCUT2D eigenvalue weighted by atomic mass is 10.1. The summed E-state index contributed by atoms with van der Waals surface area (Å²) in [6.07, 6.45) is 0.682. The molecule has 30 heavy (non-hydrogen) atoms. The maximum absolute atomic E-state index is 12.5. The van der Waals surface area contributed by atoms with Gasteiger partial charge in [-0.15, -0.1) is 0 Å². The van der Waals surface area contributed by atoms with Crippen LogP contribution in [0.5, 0.6) is 5.75 Å². The van der Waals surface area contributed by atoms with Crippen molar-refractivity contribution in [3.63, 3.8) is 0 Å². The molecule has 0 spiro atoms. The third-order valence-corrected chi connectivity index (χ3v) is 3.73. The Labute approximate surface area is 174 Å². The first-order chi connectivity index (χ1) is 14.0. The smallest absolute Gasteiger partial charge is 0.407 e. The number of hydrogen-bond acceptors (Lipinski definition) is 6. The summed E-state index contributed by atoms with van der Waals surface area (Å²) in [7, 11) is 1.18. The molecule has 0 heterocycles. The first-order valence-electron chi connectivity index (χ1n) is 9.43. The van der Waals surface area contributed by atoms with E-state index in [4.69, 9.17) is 9.47 Å². The molecule has 0 aliphatic heterocycles. The second kappa shape index (κ2) is 11.9. The maximum atomic E-state index is 12.5. The van der Waals surface area contributed by atoms with Crippen LogP contribution in [0.3, 0.4) is 0 Å². The van der Waals surface area contributed by atoms with Crippen molar-refractivity contribution in [2.75, 3.05) is 13.7 Å². The zero-order valence-corrected chi connectivity index (χ0v) is 17.5. The van der Waals surface area contributed by atoms with Crippen LogP contribution in [0.1, 0.15) is 50.4 Å². The topological polar surface area (TPSA) is 103 Å².